The average Bonchev–Trinajstić information content (AvgIpc) is 2.53. The van der Waals surface area contributed by atoms with E-state index >= 15 is 0 Å². The average molecular weight is 296 g/mol. The molecule has 0 radical (unpaired) electrons. The summed E-state index contributed by atoms with van der Waals surface area (Å²) in [5.74, 6) is 0.190. The molecule has 0 aromatic heterocycles. The number of carboxylic acids is 1. The number of hydrogen-bond donors (Lipinski definition) is 2. The Morgan fingerprint density at radius 2 is 1.81 bits per heavy atom. The maximum absolute atomic E-state index is 12.7. The number of piperidine rings is 1. The summed E-state index contributed by atoms with van der Waals surface area (Å²) in [6.07, 6.45) is 6.25. The van der Waals surface area contributed by atoms with Gasteiger partial charge in [0.1, 0.15) is 6.04 Å². The Morgan fingerprint density at radius 1 is 1.14 bits per heavy atom. The van der Waals surface area contributed by atoms with Crippen molar-refractivity contribution in [2.75, 3.05) is 13.1 Å². The molecule has 0 spiro atoms. The van der Waals surface area contributed by atoms with Crippen LogP contribution >= 0.6 is 0 Å². The highest BCUT2D eigenvalue weighted by molar-refractivity contribution is 5.85. The number of nitrogens with zero attached hydrogens (tertiary/aromatic N) is 1. The van der Waals surface area contributed by atoms with Gasteiger partial charge in [-0.1, -0.05) is 13.3 Å². The fraction of sp³-hybridized carbons (Fsp3) is 0.875. The summed E-state index contributed by atoms with van der Waals surface area (Å²) in [6.45, 7) is 3.39. The largest absolute Gasteiger partial charge is 0.480 e. The first-order chi connectivity index (χ1) is 10.1. The highest BCUT2D eigenvalue weighted by Gasteiger charge is 2.38. The van der Waals surface area contributed by atoms with Crippen LogP contribution in [0, 0.1) is 17.8 Å². The van der Waals surface area contributed by atoms with E-state index < -0.39 is 12.0 Å². The van der Waals surface area contributed by atoms with Gasteiger partial charge in [-0.05, 0) is 56.9 Å². The van der Waals surface area contributed by atoms with Crippen LogP contribution in [0.3, 0.4) is 0 Å². The van der Waals surface area contributed by atoms with E-state index in [9.17, 15) is 14.7 Å². The Balaban J connectivity index is 1.98. The third-order valence-corrected chi connectivity index (χ3v) is 5.39. The minimum absolute atomic E-state index is 0.00725. The van der Waals surface area contributed by atoms with Crippen LogP contribution in [0.4, 0.5) is 0 Å². The molecule has 5 nitrogen and oxygen atoms in total. The van der Waals surface area contributed by atoms with Crippen LogP contribution in [-0.2, 0) is 9.59 Å². The molecule has 21 heavy (non-hydrogen) atoms. The van der Waals surface area contributed by atoms with E-state index in [2.05, 4.69) is 6.92 Å². The van der Waals surface area contributed by atoms with Gasteiger partial charge in [0.25, 0.3) is 0 Å². The van der Waals surface area contributed by atoms with E-state index in [-0.39, 0.29) is 11.8 Å². The summed E-state index contributed by atoms with van der Waals surface area (Å²) in [5, 5.41) is 9.44. The Hall–Kier alpha value is -1.10. The number of likely N-dealkylation sites (tertiary alicyclic amines) is 1. The molecule has 1 heterocycles. The van der Waals surface area contributed by atoms with Crippen molar-refractivity contribution < 1.29 is 14.7 Å². The lowest BCUT2D eigenvalue weighted by atomic mass is 9.80. The first kappa shape index (κ1) is 16.3. The monoisotopic (exact) mass is 296 g/mol. The summed E-state index contributed by atoms with van der Waals surface area (Å²) in [7, 11) is 0. The normalized spacial score (nSPS) is 33.7. The molecular formula is C16H28N2O3. The van der Waals surface area contributed by atoms with Crippen LogP contribution < -0.4 is 5.73 Å². The Morgan fingerprint density at radius 3 is 2.33 bits per heavy atom. The molecule has 2 atom stereocenters. The van der Waals surface area contributed by atoms with Crippen LogP contribution in [0.1, 0.15) is 51.9 Å². The van der Waals surface area contributed by atoms with E-state index in [1.165, 1.54) is 0 Å². The van der Waals surface area contributed by atoms with Gasteiger partial charge < -0.3 is 15.7 Å². The Kier molecular flexibility index (Phi) is 5.62. The standard InChI is InChI=1S/C16H28N2O3/c1-2-11-7-8-18(14(9-11)16(20)21)15(19)13-5-3-12(10-17)4-6-13/h11-14H,2-10,17H2,1H3,(H,20,21). The number of carboxylic acid groups (broad SMARTS) is 1. The number of carbonyl (C=O) groups is 2. The number of nitrogens with two attached hydrogens (primary N) is 1. The van der Waals surface area contributed by atoms with Crippen molar-refractivity contribution in [2.45, 2.75) is 57.9 Å². The molecule has 1 amide bonds. The second-order valence-corrected chi connectivity index (χ2v) is 6.64. The summed E-state index contributed by atoms with van der Waals surface area (Å²) in [5.41, 5.74) is 5.69. The quantitative estimate of drug-likeness (QED) is 0.829. The molecular weight excluding hydrogens is 268 g/mol. The van der Waals surface area contributed by atoms with Gasteiger partial charge in [0.15, 0.2) is 0 Å². The fourth-order valence-electron chi connectivity index (χ4n) is 3.79. The number of aliphatic carboxylic acids is 1. The topological polar surface area (TPSA) is 83.6 Å². The number of rotatable bonds is 4. The molecule has 2 rings (SSSR count). The maximum Gasteiger partial charge on any atom is 0.326 e. The number of amides is 1. The van der Waals surface area contributed by atoms with Crippen LogP contribution in [0.5, 0.6) is 0 Å². The Bertz CT molecular complexity index is 378. The molecule has 0 bridgehead atoms. The van der Waals surface area contributed by atoms with Crippen molar-refractivity contribution in [1.29, 1.82) is 0 Å². The van der Waals surface area contributed by atoms with Gasteiger partial charge in [-0.2, -0.15) is 0 Å². The van der Waals surface area contributed by atoms with E-state index in [0.29, 0.717) is 31.3 Å². The Labute approximate surface area is 126 Å². The highest BCUT2D eigenvalue weighted by Crippen LogP contribution is 2.32. The van der Waals surface area contributed by atoms with E-state index in [1.54, 1.807) is 4.90 Å². The lowest BCUT2D eigenvalue weighted by Crippen LogP contribution is -2.52. The zero-order valence-electron chi connectivity index (χ0n) is 13.0. The smallest absolute Gasteiger partial charge is 0.326 e. The lowest BCUT2D eigenvalue weighted by Gasteiger charge is -2.40. The molecule has 2 unspecified atom stereocenters. The second-order valence-electron chi connectivity index (χ2n) is 6.64. The summed E-state index contributed by atoms with van der Waals surface area (Å²) >= 11 is 0. The van der Waals surface area contributed by atoms with Crippen molar-refractivity contribution in [1.82, 2.24) is 4.90 Å². The molecule has 2 aliphatic rings. The third kappa shape index (κ3) is 3.76. The van der Waals surface area contributed by atoms with Gasteiger partial charge in [0, 0.05) is 12.5 Å². The lowest BCUT2D eigenvalue weighted by molar-refractivity contribution is -0.155. The van der Waals surface area contributed by atoms with Gasteiger partial charge in [-0.3, -0.25) is 4.79 Å². The van der Waals surface area contributed by atoms with Crippen molar-refractivity contribution >= 4 is 11.9 Å². The summed E-state index contributed by atoms with van der Waals surface area (Å²) < 4.78 is 0. The van der Waals surface area contributed by atoms with E-state index in [0.717, 1.165) is 38.5 Å². The summed E-state index contributed by atoms with van der Waals surface area (Å²) in [4.78, 5) is 25.8. The van der Waals surface area contributed by atoms with Crippen LogP contribution in [0.2, 0.25) is 0 Å². The van der Waals surface area contributed by atoms with Crippen molar-refractivity contribution in [3.8, 4) is 0 Å². The molecule has 0 aromatic rings. The van der Waals surface area contributed by atoms with E-state index in [1.807, 2.05) is 0 Å². The first-order valence-corrected chi connectivity index (χ1v) is 8.30. The molecule has 5 heteroatoms. The van der Waals surface area contributed by atoms with Gasteiger partial charge >= 0.3 is 5.97 Å². The zero-order valence-corrected chi connectivity index (χ0v) is 13.0. The molecule has 3 N–H and O–H groups in total. The molecule has 0 aromatic carbocycles. The minimum atomic E-state index is -0.850. The third-order valence-electron chi connectivity index (χ3n) is 5.39. The van der Waals surface area contributed by atoms with Crippen LogP contribution in [0.25, 0.3) is 0 Å². The second kappa shape index (κ2) is 7.25. The van der Waals surface area contributed by atoms with Gasteiger partial charge in [0.2, 0.25) is 5.91 Å². The van der Waals surface area contributed by atoms with Gasteiger partial charge in [0.05, 0.1) is 0 Å². The van der Waals surface area contributed by atoms with E-state index in [4.69, 9.17) is 5.73 Å². The van der Waals surface area contributed by atoms with Crippen LogP contribution in [-0.4, -0.2) is 41.0 Å². The SMILES string of the molecule is CCC1CCN(C(=O)C2CCC(CN)CC2)C(C(=O)O)C1. The zero-order chi connectivity index (χ0) is 15.4. The molecule has 120 valence electrons. The minimum Gasteiger partial charge on any atom is -0.480 e. The molecule has 2 fully saturated rings. The van der Waals surface area contributed by atoms with Crippen molar-refractivity contribution in [3.63, 3.8) is 0 Å². The predicted octanol–water partition coefficient (Wildman–Crippen LogP) is 1.85. The van der Waals surface area contributed by atoms with Gasteiger partial charge in [-0.15, -0.1) is 0 Å². The summed E-state index contributed by atoms with van der Waals surface area (Å²) in [6, 6.07) is -0.622. The fourth-order valence-corrected chi connectivity index (χ4v) is 3.79. The number of carbonyl (C=O) groups excluding carboxylic acids is 1. The molecule has 1 saturated carbocycles. The molecule has 1 saturated heterocycles. The van der Waals surface area contributed by atoms with Crippen molar-refractivity contribution in [3.05, 3.63) is 0 Å². The van der Waals surface area contributed by atoms with Crippen LogP contribution in [0.15, 0.2) is 0 Å². The first-order valence-electron chi connectivity index (χ1n) is 8.30. The van der Waals surface area contributed by atoms with Gasteiger partial charge in [-0.25, -0.2) is 4.79 Å². The predicted molar refractivity (Wildman–Crippen MR) is 80.7 cm³/mol. The molecule has 1 aliphatic heterocycles. The molecule has 1 aliphatic carbocycles. The number of hydrogen-bond acceptors (Lipinski definition) is 3. The maximum atomic E-state index is 12.7. The van der Waals surface area contributed by atoms with Crippen molar-refractivity contribution in [2.24, 2.45) is 23.5 Å². The highest BCUT2D eigenvalue weighted by atomic mass is 16.4.